The van der Waals surface area contributed by atoms with Gasteiger partial charge in [-0.15, -0.1) is 0 Å². The van der Waals surface area contributed by atoms with Crippen LogP contribution in [0.3, 0.4) is 0 Å². The molecule has 0 radical (unpaired) electrons. The van der Waals surface area contributed by atoms with Crippen molar-refractivity contribution in [2.24, 2.45) is 11.5 Å². The second-order valence-corrected chi connectivity index (χ2v) is 7.68. The van der Waals surface area contributed by atoms with Gasteiger partial charge in [0.05, 0.1) is 24.9 Å². The van der Waals surface area contributed by atoms with Crippen molar-refractivity contribution in [2.45, 2.75) is 62.9 Å². The summed E-state index contributed by atoms with van der Waals surface area (Å²) in [6.45, 7) is 1.12. The molecule has 5 unspecified atom stereocenters. The number of hydrogen-bond acceptors (Lipinski definition) is 9. The van der Waals surface area contributed by atoms with Crippen molar-refractivity contribution in [3.05, 3.63) is 18.2 Å². The second kappa shape index (κ2) is 13.6. The molecule has 1 rings (SSSR count). The molecule has 0 aliphatic heterocycles. The van der Waals surface area contributed by atoms with Crippen molar-refractivity contribution < 1.29 is 44.1 Å². The number of nitrogens with one attached hydrogen (secondary N) is 4. The minimum atomic E-state index is -1.71. The molecule has 16 nitrogen and oxygen atoms in total. The van der Waals surface area contributed by atoms with Gasteiger partial charge in [-0.3, -0.25) is 24.0 Å². The predicted octanol–water partition coefficient (Wildman–Crippen LogP) is -4.06. The third-order valence-electron chi connectivity index (χ3n) is 4.69. The van der Waals surface area contributed by atoms with E-state index in [1.165, 1.54) is 12.5 Å². The van der Waals surface area contributed by atoms with Gasteiger partial charge in [-0.1, -0.05) is 0 Å². The molecule has 11 N–H and O–H groups in total. The van der Waals surface area contributed by atoms with Crippen LogP contribution in [0.1, 0.15) is 31.9 Å². The average molecular weight is 499 g/mol. The van der Waals surface area contributed by atoms with E-state index in [0.717, 1.165) is 6.92 Å². The van der Waals surface area contributed by atoms with E-state index < -0.39 is 85.1 Å². The quantitative estimate of drug-likeness (QED) is 0.112. The molecule has 5 atom stereocenters. The number of amides is 4. The molecule has 0 saturated carbocycles. The Bertz CT molecular complexity index is 920. The molecule has 0 fully saturated rings. The van der Waals surface area contributed by atoms with Crippen molar-refractivity contribution in [3.63, 3.8) is 0 Å². The molecule has 1 heterocycles. The van der Waals surface area contributed by atoms with E-state index >= 15 is 0 Å². The molecule has 194 valence electrons. The van der Waals surface area contributed by atoms with Gasteiger partial charge in [0, 0.05) is 24.7 Å². The number of carboxylic acid groups (broad SMARTS) is 2. The number of hydrogen-bond donors (Lipinski definition) is 9. The highest BCUT2D eigenvalue weighted by Crippen LogP contribution is 2.04. The first-order valence-electron chi connectivity index (χ1n) is 10.4. The summed E-state index contributed by atoms with van der Waals surface area (Å²) in [4.78, 5) is 77.7. The molecular formula is C19H29N7O9. The maximum atomic E-state index is 12.7. The lowest BCUT2D eigenvalue weighted by Crippen LogP contribution is -2.60. The van der Waals surface area contributed by atoms with Crippen LogP contribution in [0.25, 0.3) is 0 Å². The lowest BCUT2D eigenvalue weighted by Gasteiger charge is -2.26. The number of aliphatic carboxylic acids is 2. The monoisotopic (exact) mass is 499 g/mol. The Morgan fingerprint density at radius 3 is 2.14 bits per heavy atom. The fraction of sp³-hybridized carbons (Fsp3) is 0.526. The number of aromatic amines is 1. The molecule has 16 heteroatoms. The zero-order valence-corrected chi connectivity index (χ0v) is 18.8. The van der Waals surface area contributed by atoms with Gasteiger partial charge in [-0.2, -0.15) is 0 Å². The zero-order valence-electron chi connectivity index (χ0n) is 18.8. The standard InChI is InChI=1S/C19H29N7O9/c1-8(27)15(18(33)24-11(19(34)35)2-3-14(29)30)26-17(32)12(5-13(21)28)25-16(31)10(20)4-9-6-22-7-23-9/h6-8,10-12,15,27H,2-5,20H2,1H3,(H2,21,28)(H,22,23)(H,24,33)(H,25,31)(H,26,32)(H,29,30)(H,34,35). The van der Waals surface area contributed by atoms with E-state index in [1.54, 1.807) is 0 Å². The SMILES string of the molecule is CC(O)C(NC(=O)C(CC(N)=O)NC(=O)C(N)Cc1cnc[nH]1)C(=O)NC(CCC(=O)O)C(=O)O. The highest BCUT2D eigenvalue weighted by Gasteiger charge is 2.33. The topological polar surface area (TPSA) is 280 Å². The van der Waals surface area contributed by atoms with E-state index in [2.05, 4.69) is 20.6 Å². The number of nitrogens with two attached hydrogens (primary N) is 2. The number of rotatable bonds is 15. The van der Waals surface area contributed by atoms with Crippen LogP contribution >= 0.6 is 0 Å². The van der Waals surface area contributed by atoms with Crippen molar-refractivity contribution in [3.8, 4) is 0 Å². The van der Waals surface area contributed by atoms with E-state index in [4.69, 9.17) is 16.6 Å². The smallest absolute Gasteiger partial charge is 0.326 e. The summed E-state index contributed by atoms with van der Waals surface area (Å²) >= 11 is 0. The van der Waals surface area contributed by atoms with Crippen LogP contribution in [0, 0.1) is 0 Å². The summed E-state index contributed by atoms with van der Waals surface area (Å²) in [6, 6.07) is -6.03. The van der Waals surface area contributed by atoms with Crippen LogP contribution in [-0.2, 0) is 35.2 Å². The minimum absolute atomic E-state index is 0.0301. The van der Waals surface area contributed by atoms with Gasteiger partial charge in [0.2, 0.25) is 23.6 Å². The Morgan fingerprint density at radius 2 is 1.66 bits per heavy atom. The molecule has 0 bridgehead atoms. The van der Waals surface area contributed by atoms with Gasteiger partial charge >= 0.3 is 11.9 Å². The van der Waals surface area contributed by atoms with Crippen molar-refractivity contribution >= 4 is 35.6 Å². The predicted molar refractivity (Wildman–Crippen MR) is 116 cm³/mol. The van der Waals surface area contributed by atoms with Crippen molar-refractivity contribution in [2.75, 3.05) is 0 Å². The maximum Gasteiger partial charge on any atom is 0.326 e. The van der Waals surface area contributed by atoms with E-state index in [1.807, 2.05) is 5.32 Å². The molecule has 0 aliphatic rings. The van der Waals surface area contributed by atoms with Gasteiger partial charge in [0.25, 0.3) is 0 Å². The fourth-order valence-corrected chi connectivity index (χ4v) is 2.86. The third kappa shape index (κ3) is 10.2. The number of aromatic nitrogens is 2. The summed E-state index contributed by atoms with van der Waals surface area (Å²) in [7, 11) is 0. The van der Waals surface area contributed by atoms with Gasteiger partial charge in [0.1, 0.15) is 18.1 Å². The van der Waals surface area contributed by atoms with Crippen LogP contribution in [-0.4, -0.2) is 91.1 Å². The molecule has 4 amide bonds. The van der Waals surface area contributed by atoms with E-state index in [-0.39, 0.29) is 6.42 Å². The summed E-state index contributed by atoms with van der Waals surface area (Å²) in [6.07, 6.45) is -0.379. The number of aliphatic hydroxyl groups excluding tert-OH is 1. The molecule has 0 aromatic carbocycles. The van der Waals surface area contributed by atoms with E-state index in [0.29, 0.717) is 5.69 Å². The van der Waals surface area contributed by atoms with Crippen LogP contribution in [0.4, 0.5) is 0 Å². The van der Waals surface area contributed by atoms with Crippen LogP contribution in [0.15, 0.2) is 12.5 Å². The Kier molecular flexibility index (Phi) is 11.3. The zero-order chi connectivity index (χ0) is 26.7. The molecule has 0 spiro atoms. The Morgan fingerprint density at radius 1 is 1.03 bits per heavy atom. The van der Waals surface area contributed by atoms with Gasteiger partial charge < -0.3 is 47.7 Å². The van der Waals surface area contributed by atoms with Crippen LogP contribution < -0.4 is 27.4 Å². The highest BCUT2D eigenvalue weighted by molar-refractivity contribution is 5.96. The summed E-state index contributed by atoms with van der Waals surface area (Å²) in [5, 5.41) is 34.3. The summed E-state index contributed by atoms with van der Waals surface area (Å²) < 4.78 is 0. The number of primary amides is 1. The van der Waals surface area contributed by atoms with Crippen LogP contribution in [0.2, 0.25) is 0 Å². The van der Waals surface area contributed by atoms with Crippen LogP contribution in [0.5, 0.6) is 0 Å². The molecule has 1 aromatic heterocycles. The number of carbonyl (C=O) groups is 6. The molecule has 1 aromatic rings. The van der Waals surface area contributed by atoms with Crippen molar-refractivity contribution in [1.29, 1.82) is 0 Å². The first kappa shape index (κ1) is 29.0. The summed E-state index contributed by atoms with van der Waals surface area (Å²) in [5.41, 5.74) is 11.5. The lowest BCUT2D eigenvalue weighted by atomic mass is 10.1. The number of aliphatic hydroxyl groups is 1. The molecule has 0 saturated heterocycles. The largest absolute Gasteiger partial charge is 0.481 e. The minimum Gasteiger partial charge on any atom is -0.481 e. The normalized spacial score (nSPS) is 15.1. The summed E-state index contributed by atoms with van der Waals surface area (Å²) in [5.74, 6) is -6.82. The van der Waals surface area contributed by atoms with E-state index in [9.17, 15) is 39.0 Å². The van der Waals surface area contributed by atoms with Crippen molar-refractivity contribution in [1.82, 2.24) is 25.9 Å². The number of imidazole rings is 1. The number of carbonyl (C=O) groups excluding carboxylic acids is 4. The first-order chi connectivity index (χ1) is 16.3. The Hall–Kier alpha value is -4.05. The second-order valence-electron chi connectivity index (χ2n) is 7.68. The average Bonchev–Trinajstić information content (AvgIpc) is 3.26. The highest BCUT2D eigenvalue weighted by atomic mass is 16.4. The van der Waals surface area contributed by atoms with Gasteiger partial charge in [0.15, 0.2) is 0 Å². The lowest BCUT2D eigenvalue weighted by molar-refractivity contribution is -0.144. The first-order valence-corrected chi connectivity index (χ1v) is 10.4. The molecular weight excluding hydrogens is 470 g/mol. The fourth-order valence-electron chi connectivity index (χ4n) is 2.86. The molecule has 35 heavy (non-hydrogen) atoms. The van der Waals surface area contributed by atoms with Gasteiger partial charge in [-0.25, -0.2) is 9.78 Å². The molecule has 0 aliphatic carbocycles. The Labute approximate surface area is 198 Å². The Balaban J connectivity index is 2.91. The third-order valence-corrected chi connectivity index (χ3v) is 4.69. The van der Waals surface area contributed by atoms with Gasteiger partial charge in [-0.05, 0) is 13.3 Å². The number of H-pyrrole nitrogens is 1. The maximum absolute atomic E-state index is 12.7. The number of carboxylic acids is 2. The number of nitrogens with zero attached hydrogens (tertiary/aromatic N) is 1.